The van der Waals surface area contributed by atoms with E-state index in [1.807, 2.05) is 0 Å². The van der Waals surface area contributed by atoms with E-state index in [4.69, 9.17) is 10.2 Å². The van der Waals surface area contributed by atoms with Gasteiger partial charge in [-0.05, 0) is 18.2 Å². The summed E-state index contributed by atoms with van der Waals surface area (Å²) in [6, 6.07) is 3.67. The van der Waals surface area contributed by atoms with Gasteiger partial charge in [-0.1, -0.05) is 0 Å². The van der Waals surface area contributed by atoms with Crippen LogP contribution in [0.4, 0.5) is 13.2 Å². The van der Waals surface area contributed by atoms with Crippen molar-refractivity contribution in [3.63, 3.8) is 0 Å². The minimum Gasteiger partial charge on any atom is -0.467 e. The van der Waals surface area contributed by atoms with Gasteiger partial charge >= 0.3 is 6.18 Å². The van der Waals surface area contributed by atoms with Gasteiger partial charge in [0.15, 0.2) is 5.69 Å². The third-order valence-corrected chi connectivity index (χ3v) is 2.31. The zero-order valence-corrected chi connectivity index (χ0v) is 8.69. The van der Waals surface area contributed by atoms with Crippen molar-refractivity contribution < 1.29 is 17.6 Å². The molecule has 7 heteroatoms. The Kier molecular flexibility index (Phi) is 2.93. The van der Waals surface area contributed by atoms with E-state index in [9.17, 15) is 13.2 Å². The molecule has 0 amide bonds. The second kappa shape index (κ2) is 4.25. The molecule has 4 nitrogen and oxygen atoms in total. The number of nitrogens with zero attached hydrogens (tertiary/aromatic N) is 2. The molecule has 2 aromatic heterocycles. The highest BCUT2D eigenvalue weighted by atomic mass is 19.4. The maximum Gasteiger partial charge on any atom is 0.435 e. The van der Waals surface area contributed by atoms with E-state index in [1.165, 1.54) is 12.5 Å². The average molecular weight is 245 g/mol. The third kappa shape index (κ3) is 2.33. The van der Waals surface area contributed by atoms with Gasteiger partial charge in [-0.15, -0.1) is 0 Å². The SMILES string of the molecule is NCC(c1ccco1)n1ccc(C(F)(F)F)n1. The molecule has 0 saturated heterocycles. The summed E-state index contributed by atoms with van der Waals surface area (Å²) in [7, 11) is 0. The number of rotatable bonds is 3. The number of hydrogen-bond donors (Lipinski definition) is 1. The van der Waals surface area contributed by atoms with Gasteiger partial charge in [0.05, 0.1) is 6.26 Å². The average Bonchev–Trinajstić information content (AvgIpc) is 2.87. The predicted molar refractivity (Wildman–Crippen MR) is 53.1 cm³/mol. The second-order valence-electron chi connectivity index (χ2n) is 3.45. The number of aromatic nitrogens is 2. The van der Waals surface area contributed by atoms with Gasteiger partial charge in [0.2, 0.25) is 0 Å². The Morgan fingerprint density at radius 1 is 1.41 bits per heavy atom. The van der Waals surface area contributed by atoms with Crippen LogP contribution in [0.5, 0.6) is 0 Å². The van der Waals surface area contributed by atoms with Crippen LogP contribution >= 0.6 is 0 Å². The lowest BCUT2D eigenvalue weighted by Crippen LogP contribution is -2.21. The van der Waals surface area contributed by atoms with Crippen molar-refractivity contribution in [2.75, 3.05) is 6.54 Å². The molecule has 0 radical (unpaired) electrons. The molecule has 2 N–H and O–H groups in total. The molecule has 2 aromatic rings. The summed E-state index contributed by atoms with van der Waals surface area (Å²) in [6.07, 6.45) is -1.78. The number of alkyl halides is 3. The van der Waals surface area contributed by atoms with E-state index in [2.05, 4.69) is 5.10 Å². The lowest BCUT2D eigenvalue weighted by molar-refractivity contribution is -0.141. The molecule has 0 saturated carbocycles. The highest BCUT2D eigenvalue weighted by Gasteiger charge is 2.34. The Bertz CT molecular complexity index is 475. The Hall–Kier alpha value is -1.76. The van der Waals surface area contributed by atoms with Gasteiger partial charge in [0.25, 0.3) is 0 Å². The van der Waals surface area contributed by atoms with Crippen LogP contribution in [-0.2, 0) is 6.18 Å². The van der Waals surface area contributed by atoms with Crippen LogP contribution in [-0.4, -0.2) is 16.3 Å². The van der Waals surface area contributed by atoms with E-state index >= 15 is 0 Å². The summed E-state index contributed by atoms with van der Waals surface area (Å²) < 4.78 is 43.4. The molecule has 1 unspecified atom stereocenters. The molecule has 17 heavy (non-hydrogen) atoms. The fraction of sp³-hybridized carbons (Fsp3) is 0.300. The van der Waals surface area contributed by atoms with E-state index < -0.39 is 17.9 Å². The van der Waals surface area contributed by atoms with Gasteiger partial charge in [-0.3, -0.25) is 4.68 Å². The molecular formula is C10H10F3N3O. The lowest BCUT2D eigenvalue weighted by atomic mass is 10.2. The Balaban J connectivity index is 2.30. The third-order valence-electron chi connectivity index (χ3n) is 2.31. The number of hydrogen-bond acceptors (Lipinski definition) is 3. The molecule has 2 rings (SSSR count). The largest absolute Gasteiger partial charge is 0.467 e. The summed E-state index contributed by atoms with van der Waals surface area (Å²) in [5.41, 5.74) is 4.57. The summed E-state index contributed by atoms with van der Waals surface area (Å²) >= 11 is 0. The molecule has 1 atom stereocenters. The molecule has 2 heterocycles. The highest BCUT2D eigenvalue weighted by Crippen LogP contribution is 2.28. The minimum absolute atomic E-state index is 0.104. The quantitative estimate of drug-likeness (QED) is 0.900. The molecule has 0 fully saturated rings. The van der Waals surface area contributed by atoms with Gasteiger partial charge in [-0.2, -0.15) is 18.3 Å². The van der Waals surface area contributed by atoms with Crippen molar-refractivity contribution in [1.82, 2.24) is 9.78 Å². The van der Waals surface area contributed by atoms with Crippen LogP contribution in [0.1, 0.15) is 17.5 Å². The monoisotopic (exact) mass is 245 g/mol. The zero-order valence-electron chi connectivity index (χ0n) is 8.69. The summed E-state index contributed by atoms with van der Waals surface area (Å²) in [5, 5.41) is 3.46. The van der Waals surface area contributed by atoms with Crippen LogP contribution in [0.25, 0.3) is 0 Å². The van der Waals surface area contributed by atoms with Crippen LogP contribution in [0.2, 0.25) is 0 Å². The molecule has 0 spiro atoms. The zero-order chi connectivity index (χ0) is 12.5. The van der Waals surface area contributed by atoms with Gasteiger partial charge in [-0.25, -0.2) is 0 Å². The molecule has 92 valence electrons. The minimum atomic E-state index is -4.45. The molecule has 0 aliphatic rings. The van der Waals surface area contributed by atoms with E-state index in [-0.39, 0.29) is 6.54 Å². The van der Waals surface area contributed by atoms with Crippen LogP contribution in [0, 0.1) is 0 Å². The Morgan fingerprint density at radius 3 is 2.65 bits per heavy atom. The van der Waals surface area contributed by atoms with Crippen molar-refractivity contribution in [1.29, 1.82) is 0 Å². The van der Waals surface area contributed by atoms with Crippen LogP contribution in [0.15, 0.2) is 35.1 Å². The van der Waals surface area contributed by atoms with E-state index in [0.717, 1.165) is 10.7 Å². The second-order valence-corrected chi connectivity index (χ2v) is 3.45. The van der Waals surface area contributed by atoms with Crippen molar-refractivity contribution in [2.45, 2.75) is 12.2 Å². The molecule has 0 aliphatic carbocycles. The van der Waals surface area contributed by atoms with E-state index in [0.29, 0.717) is 5.76 Å². The smallest absolute Gasteiger partial charge is 0.435 e. The first-order valence-electron chi connectivity index (χ1n) is 4.88. The topological polar surface area (TPSA) is 57.0 Å². The summed E-state index contributed by atoms with van der Waals surface area (Å²) in [6.45, 7) is 0.104. The van der Waals surface area contributed by atoms with E-state index in [1.54, 1.807) is 12.1 Å². The van der Waals surface area contributed by atoms with Crippen molar-refractivity contribution in [2.24, 2.45) is 5.73 Å². The van der Waals surface area contributed by atoms with Crippen molar-refractivity contribution in [3.05, 3.63) is 42.1 Å². The standard InChI is InChI=1S/C10H10F3N3O/c11-10(12,13)9-3-4-16(15-9)7(6-14)8-2-1-5-17-8/h1-5,7H,6,14H2. The first-order chi connectivity index (χ1) is 8.02. The number of halogens is 3. The van der Waals surface area contributed by atoms with Crippen LogP contribution < -0.4 is 5.73 Å². The van der Waals surface area contributed by atoms with Gasteiger partial charge < -0.3 is 10.2 Å². The molecular weight excluding hydrogens is 235 g/mol. The fourth-order valence-electron chi connectivity index (χ4n) is 1.50. The predicted octanol–water partition coefficient (Wildman–Crippen LogP) is 2.04. The first-order valence-corrected chi connectivity index (χ1v) is 4.88. The summed E-state index contributed by atoms with van der Waals surface area (Å²) in [4.78, 5) is 0. The maximum absolute atomic E-state index is 12.4. The molecule has 0 aromatic carbocycles. The molecule has 0 aliphatic heterocycles. The lowest BCUT2D eigenvalue weighted by Gasteiger charge is -2.12. The van der Waals surface area contributed by atoms with Crippen molar-refractivity contribution >= 4 is 0 Å². The highest BCUT2D eigenvalue weighted by molar-refractivity contribution is 5.10. The van der Waals surface area contributed by atoms with Crippen molar-refractivity contribution in [3.8, 4) is 0 Å². The van der Waals surface area contributed by atoms with Gasteiger partial charge in [0.1, 0.15) is 11.8 Å². The number of nitrogens with two attached hydrogens (primary N) is 1. The normalized spacial score (nSPS) is 13.9. The Morgan fingerprint density at radius 2 is 2.18 bits per heavy atom. The van der Waals surface area contributed by atoms with Gasteiger partial charge in [0, 0.05) is 12.7 Å². The number of furan rings is 1. The fourth-order valence-corrected chi connectivity index (χ4v) is 1.50. The Labute approximate surface area is 94.8 Å². The van der Waals surface area contributed by atoms with Crippen LogP contribution in [0.3, 0.4) is 0 Å². The first kappa shape index (κ1) is 11.7. The summed E-state index contributed by atoms with van der Waals surface area (Å²) in [5.74, 6) is 0.476. The molecule has 0 bridgehead atoms. The maximum atomic E-state index is 12.4.